The first kappa shape index (κ1) is 12.5. The molecule has 0 atom stereocenters. The van der Waals surface area contributed by atoms with Crippen molar-refractivity contribution in [1.29, 1.82) is 0 Å². The molecule has 1 aromatic heterocycles. The normalized spacial score (nSPS) is 10.7. The average molecular weight is 260 g/mol. The van der Waals surface area contributed by atoms with E-state index in [9.17, 15) is 4.79 Å². The summed E-state index contributed by atoms with van der Waals surface area (Å²) in [5, 5.41) is 14.9. The van der Waals surface area contributed by atoms with E-state index in [1.165, 1.54) is 11.3 Å². The van der Waals surface area contributed by atoms with Crippen molar-refractivity contribution in [3.8, 4) is 0 Å². The van der Waals surface area contributed by atoms with E-state index < -0.39 is 0 Å². The summed E-state index contributed by atoms with van der Waals surface area (Å²) in [6, 6.07) is 10.7. The molecule has 0 bridgehead atoms. The molecule has 2 rings (SSSR count). The van der Waals surface area contributed by atoms with Crippen molar-refractivity contribution in [2.75, 3.05) is 0 Å². The summed E-state index contributed by atoms with van der Waals surface area (Å²) in [7, 11) is 0. The lowest BCUT2D eigenvalue weighted by Crippen LogP contribution is -2.19. The second kappa shape index (κ2) is 6.09. The van der Waals surface area contributed by atoms with E-state index in [0.29, 0.717) is 11.1 Å². The van der Waals surface area contributed by atoms with Gasteiger partial charge in [0.1, 0.15) is 0 Å². The number of aliphatic hydroxyl groups is 1. The minimum absolute atomic E-state index is 0.168. The van der Waals surface area contributed by atoms with Crippen molar-refractivity contribution in [3.05, 3.63) is 57.8 Å². The summed E-state index contributed by atoms with van der Waals surface area (Å²) < 4.78 is 0. The number of thiophene rings is 1. The van der Waals surface area contributed by atoms with Gasteiger partial charge in [0.15, 0.2) is 0 Å². The van der Waals surface area contributed by atoms with Gasteiger partial charge in [-0.3, -0.25) is 4.79 Å². The Morgan fingerprint density at radius 2 is 2.17 bits per heavy atom. The molecular formula is C13H12N2O2S. The lowest BCUT2D eigenvalue weighted by Gasteiger charge is -2.04. The maximum Gasteiger partial charge on any atom is 0.271 e. The number of aliphatic hydroxyl groups excluding tert-OH is 1. The van der Waals surface area contributed by atoms with Gasteiger partial charge in [0.05, 0.1) is 12.8 Å². The summed E-state index contributed by atoms with van der Waals surface area (Å²) >= 11 is 1.54. The fourth-order valence-electron chi connectivity index (χ4n) is 1.46. The second-order valence-electron chi connectivity index (χ2n) is 3.53. The summed E-state index contributed by atoms with van der Waals surface area (Å²) in [6.07, 6.45) is 1.59. The Labute approximate surface area is 109 Å². The molecule has 0 radical (unpaired) electrons. The zero-order chi connectivity index (χ0) is 12.8. The Kier molecular flexibility index (Phi) is 4.22. The molecule has 2 N–H and O–H groups in total. The molecule has 2 aromatic rings. The van der Waals surface area contributed by atoms with Crippen molar-refractivity contribution < 1.29 is 9.90 Å². The van der Waals surface area contributed by atoms with Crippen molar-refractivity contribution in [1.82, 2.24) is 5.43 Å². The van der Waals surface area contributed by atoms with E-state index in [1.54, 1.807) is 30.5 Å². The van der Waals surface area contributed by atoms with Gasteiger partial charge in [-0.25, -0.2) is 5.43 Å². The Bertz CT molecular complexity index is 550. The molecule has 0 saturated heterocycles. The van der Waals surface area contributed by atoms with E-state index in [2.05, 4.69) is 10.5 Å². The van der Waals surface area contributed by atoms with E-state index in [0.717, 1.165) is 4.88 Å². The van der Waals surface area contributed by atoms with Crippen molar-refractivity contribution in [2.45, 2.75) is 6.61 Å². The molecule has 0 unspecified atom stereocenters. The van der Waals surface area contributed by atoms with Crippen molar-refractivity contribution >= 4 is 23.5 Å². The first-order valence-electron chi connectivity index (χ1n) is 5.37. The number of rotatable bonds is 4. The standard InChI is InChI=1S/C13H12N2O2S/c16-9-10-4-1-2-6-12(10)13(17)15-14-8-11-5-3-7-18-11/h1-8,16H,9H2,(H,15,17). The molecule has 0 aliphatic carbocycles. The summed E-state index contributed by atoms with van der Waals surface area (Å²) in [4.78, 5) is 12.8. The van der Waals surface area contributed by atoms with Crippen LogP contribution in [0.15, 0.2) is 46.9 Å². The summed E-state index contributed by atoms with van der Waals surface area (Å²) in [5.41, 5.74) is 3.46. The van der Waals surface area contributed by atoms with Crippen LogP contribution in [0.5, 0.6) is 0 Å². The van der Waals surface area contributed by atoms with Crippen molar-refractivity contribution in [2.24, 2.45) is 5.10 Å². The third-order valence-corrected chi connectivity index (χ3v) is 3.14. The Hall–Kier alpha value is -1.98. The van der Waals surface area contributed by atoms with E-state index >= 15 is 0 Å². The molecule has 4 nitrogen and oxygen atoms in total. The van der Waals surface area contributed by atoms with Crippen LogP contribution < -0.4 is 5.43 Å². The topological polar surface area (TPSA) is 61.7 Å². The predicted molar refractivity (Wildman–Crippen MR) is 71.7 cm³/mol. The van der Waals surface area contributed by atoms with Crippen LogP contribution >= 0.6 is 11.3 Å². The molecule has 0 fully saturated rings. The van der Waals surface area contributed by atoms with Crippen LogP contribution in [-0.2, 0) is 6.61 Å². The number of hydrazone groups is 1. The first-order chi connectivity index (χ1) is 8.81. The molecule has 1 amide bonds. The Morgan fingerprint density at radius 3 is 2.89 bits per heavy atom. The summed E-state index contributed by atoms with van der Waals surface area (Å²) in [5.74, 6) is -0.326. The number of nitrogens with one attached hydrogen (secondary N) is 1. The molecule has 0 spiro atoms. The van der Waals surface area contributed by atoms with Crippen LogP contribution in [0.4, 0.5) is 0 Å². The molecule has 1 aromatic carbocycles. The fraction of sp³-hybridized carbons (Fsp3) is 0.0769. The SMILES string of the molecule is O=C(NN=Cc1cccs1)c1ccccc1CO. The van der Waals surface area contributed by atoms with Gasteiger partial charge in [-0.05, 0) is 23.1 Å². The lowest BCUT2D eigenvalue weighted by molar-refractivity contribution is 0.0952. The second-order valence-corrected chi connectivity index (χ2v) is 4.51. The number of nitrogens with zero attached hydrogens (tertiary/aromatic N) is 1. The van der Waals surface area contributed by atoms with E-state index in [4.69, 9.17) is 5.11 Å². The van der Waals surface area contributed by atoms with Crippen LogP contribution in [0.2, 0.25) is 0 Å². The number of amides is 1. The molecule has 92 valence electrons. The monoisotopic (exact) mass is 260 g/mol. The predicted octanol–water partition coefficient (Wildman–Crippen LogP) is 2.00. The van der Waals surface area contributed by atoms with Gasteiger partial charge in [-0.1, -0.05) is 24.3 Å². The maximum atomic E-state index is 11.8. The van der Waals surface area contributed by atoms with E-state index in [1.807, 2.05) is 17.5 Å². The van der Waals surface area contributed by atoms with Gasteiger partial charge in [-0.15, -0.1) is 11.3 Å². The Morgan fingerprint density at radius 1 is 1.33 bits per heavy atom. The molecule has 0 saturated carbocycles. The lowest BCUT2D eigenvalue weighted by atomic mass is 10.1. The largest absolute Gasteiger partial charge is 0.392 e. The number of carbonyl (C=O) groups is 1. The van der Waals surface area contributed by atoms with Crippen molar-refractivity contribution in [3.63, 3.8) is 0 Å². The smallest absolute Gasteiger partial charge is 0.271 e. The highest BCUT2D eigenvalue weighted by Crippen LogP contribution is 2.08. The highest BCUT2D eigenvalue weighted by molar-refractivity contribution is 7.11. The number of benzene rings is 1. The minimum Gasteiger partial charge on any atom is -0.392 e. The average Bonchev–Trinajstić information content (AvgIpc) is 2.91. The number of hydrogen-bond acceptors (Lipinski definition) is 4. The highest BCUT2D eigenvalue weighted by Gasteiger charge is 2.08. The fourth-order valence-corrected chi connectivity index (χ4v) is 2.04. The van der Waals surface area contributed by atoms with Crippen LogP contribution in [0, 0.1) is 0 Å². The van der Waals surface area contributed by atoms with Crippen LogP contribution in [0.25, 0.3) is 0 Å². The van der Waals surface area contributed by atoms with Gasteiger partial charge < -0.3 is 5.11 Å². The van der Waals surface area contributed by atoms with E-state index in [-0.39, 0.29) is 12.5 Å². The quantitative estimate of drug-likeness (QED) is 0.652. The number of carbonyl (C=O) groups excluding carboxylic acids is 1. The van der Waals surface area contributed by atoms with Crippen LogP contribution in [0.1, 0.15) is 20.8 Å². The van der Waals surface area contributed by atoms with Crippen LogP contribution in [-0.4, -0.2) is 17.2 Å². The molecule has 5 heteroatoms. The molecule has 0 aliphatic heterocycles. The third-order valence-electron chi connectivity index (χ3n) is 2.33. The Balaban J connectivity index is 2.04. The third kappa shape index (κ3) is 3.03. The number of hydrogen-bond donors (Lipinski definition) is 2. The summed E-state index contributed by atoms with van der Waals surface area (Å²) in [6.45, 7) is -0.168. The van der Waals surface area contributed by atoms with Gasteiger partial charge >= 0.3 is 0 Å². The minimum atomic E-state index is -0.326. The zero-order valence-corrected chi connectivity index (χ0v) is 10.4. The molecule has 0 aliphatic rings. The molecular weight excluding hydrogens is 248 g/mol. The highest BCUT2D eigenvalue weighted by atomic mass is 32.1. The van der Waals surface area contributed by atoms with Gasteiger partial charge in [-0.2, -0.15) is 5.10 Å². The zero-order valence-electron chi connectivity index (χ0n) is 9.54. The molecule has 1 heterocycles. The van der Waals surface area contributed by atoms with Gasteiger partial charge in [0.2, 0.25) is 0 Å². The van der Waals surface area contributed by atoms with Crippen LogP contribution in [0.3, 0.4) is 0 Å². The molecule has 18 heavy (non-hydrogen) atoms. The van der Waals surface area contributed by atoms with Gasteiger partial charge in [0, 0.05) is 10.4 Å². The van der Waals surface area contributed by atoms with Gasteiger partial charge in [0.25, 0.3) is 5.91 Å². The maximum absolute atomic E-state index is 11.8. The first-order valence-corrected chi connectivity index (χ1v) is 6.25.